The van der Waals surface area contributed by atoms with E-state index < -0.39 is 22.7 Å². The summed E-state index contributed by atoms with van der Waals surface area (Å²) in [5, 5.41) is 16.2. The van der Waals surface area contributed by atoms with Crippen molar-refractivity contribution >= 4 is 23.5 Å². The molecule has 9 nitrogen and oxygen atoms in total. The molecule has 2 spiro atoms. The van der Waals surface area contributed by atoms with E-state index in [9.17, 15) is 23.6 Å². The number of rotatable bonds is 4. The van der Waals surface area contributed by atoms with Crippen LogP contribution in [-0.4, -0.2) is 35.5 Å². The summed E-state index contributed by atoms with van der Waals surface area (Å²) in [6.45, 7) is 1.09. The van der Waals surface area contributed by atoms with Crippen LogP contribution < -0.4 is 15.2 Å². The fourth-order valence-corrected chi connectivity index (χ4v) is 8.87. The van der Waals surface area contributed by atoms with Crippen LogP contribution in [0.15, 0.2) is 77.0 Å². The summed E-state index contributed by atoms with van der Waals surface area (Å²) in [5.74, 6) is -2.61. The summed E-state index contributed by atoms with van der Waals surface area (Å²) in [6, 6.07) is 18.2. The molecule has 0 unspecified atom stereocenters. The Morgan fingerprint density at radius 2 is 1.65 bits per heavy atom. The van der Waals surface area contributed by atoms with Gasteiger partial charge in [0.05, 0.1) is 11.6 Å². The number of nitrogens with zero attached hydrogens (tertiary/aromatic N) is 5. The summed E-state index contributed by atoms with van der Waals surface area (Å²) in [5.41, 5.74) is 5.29. The molecule has 2 aromatic carbocycles. The maximum Gasteiger partial charge on any atom is 0.270 e. The Hall–Kier alpha value is -5.63. The summed E-state index contributed by atoms with van der Waals surface area (Å²) in [7, 11) is 1.66. The van der Waals surface area contributed by atoms with Crippen molar-refractivity contribution in [2.45, 2.75) is 74.8 Å². The highest BCUT2D eigenvalue weighted by atomic mass is 19.3. The van der Waals surface area contributed by atoms with Gasteiger partial charge in [0, 0.05) is 66.5 Å². The number of carbonyl (C=O) groups excluding carboxylic acids is 2. The molecule has 0 saturated heterocycles. The van der Waals surface area contributed by atoms with Crippen molar-refractivity contribution in [3.8, 4) is 6.07 Å². The normalized spacial score (nSPS) is 22.9. The molecule has 2 aromatic heterocycles. The number of benzene rings is 2. The van der Waals surface area contributed by atoms with Crippen LogP contribution in [0.3, 0.4) is 0 Å². The van der Waals surface area contributed by atoms with Crippen LogP contribution in [0.25, 0.3) is 0 Å². The van der Waals surface area contributed by atoms with E-state index in [0.717, 1.165) is 59.0 Å². The molecular weight excluding hydrogens is 648 g/mol. The SMILES string of the molecule is CNC1=NC(=O)[C@@]2(CCc3c2ccc[n+]3CNC2=NC(=O)[C@@]3(CCc4c(C#N)cccc43)c3cc(C4CC4)ncc32)c2cc(C(C)(F)F)ccc21. The van der Waals surface area contributed by atoms with Gasteiger partial charge in [-0.05, 0) is 78.6 Å². The molecule has 2 amide bonds. The molecule has 2 aliphatic heterocycles. The standard InChI is InChI=1S/C40H33F2N7O2/c1-38(41,42)24-10-11-26-30(17-24)40(37(51)47-34(26)44-2)15-13-33-29(40)7-4-16-49(33)21-46-35-27-20-45-32(22-8-9-22)18-31(27)39(36(50)48-35)14-12-25-23(19-43)5-3-6-28(25)39/h3-7,10-11,16-18,20,22H,8-9,12-15,21H2,1-2H3,(H-,44,46,47,48,50,51)/p+1/t39-,40-/m1/s1. The number of fused-ring (bicyclic) bond motifs is 8. The zero-order valence-electron chi connectivity index (χ0n) is 28.2. The van der Waals surface area contributed by atoms with Gasteiger partial charge in [-0.1, -0.05) is 24.3 Å². The molecule has 9 rings (SSSR count). The first-order valence-electron chi connectivity index (χ1n) is 17.4. The third-order valence-corrected chi connectivity index (χ3v) is 11.6. The number of hydrogen-bond donors (Lipinski definition) is 2. The van der Waals surface area contributed by atoms with E-state index in [4.69, 9.17) is 4.98 Å². The fourth-order valence-electron chi connectivity index (χ4n) is 8.87. The topological polar surface area (TPSA) is 123 Å². The molecule has 5 aliphatic rings. The molecule has 2 N–H and O–H groups in total. The van der Waals surface area contributed by atoms with Crippen LogP contribution in [0, 0.1) is 11.3 Å². The maximum atomic E-state index is 14.6. The van der Waals surface area contributed by atoms with Crippen molar-refractivity contribution in [3.63, 3.8) is 0 Å². The number of halogens is 2. The molecule has 4 aromatic rings. The summed E-state index contributed by atoms with van der Waals surface area (Å²) in [6.07, 6.45) is 7.87. The van der Waals surface area contributed by atoms with Gasteiger partial charge in [0.1, 0.15) is 22.5 Å². The van der Waals surface area contributed by atoms with Crippen LogP contribution in [0.1, 0.15) is 100.0 Å². The zero-order chi connectivity index (χ0) is 35.3. The highest BCUT2D eigenvalue weighted by Crippen LogP contribution is 2.51. The highest BCUT2D eigenvalue weighted by Gasteiger charge is 2.55. The van der Waals surface area contributed by atoms with Gasteiger partial charge in [0.2, 0.25) is 6.67 Å². The summed E-state index contributed by atoms with van der Waals surface area (Å²) in [4.78, 5) is 42.2. The van der Waals surface area contributed by atoms with E-state index in [0.29, 0.717) is 60.0 Å². The Bertz CT molecular complexity index is 2330. The van der Waals surface area contributed by atoms with Crippen LogP contribution in [0.2, 0.25) is 0 Å². The van der Waals surface area contributed by atoms with Gasteiger partial charge in [0.25, 0.3) is 17.7 Å². The third-order valence-electron chi connectivity index (χ3n) is 11.6. The van der Waals surface area contributed by atoms with Gasteiger partial charge in [-0.15, -0.1) is 0 Å². The number of amides is 2. The first-order chi connectivity index (χ1) is 24.6. The minimum absolute atomic E-state index is 0.159. The Morgan fingerprint density at radius 3 is 2.39 bits per heavy atom. The number of carbonyl (C=O) groups is 2. The molecule has 0 bridgehead atoms. The number of pyridine rings is 2. The second kappa shape index (κ2) is 10.9. The number of aromatic nitrogens is 2. The second-order valence-corrected chi connectivity index (χ2v) is 14.3. The van der Waals surface area contributed by atoms with Crippen molar-refractivity contribution in [2.75, 3.05) is 7.05 Å². The Kier molecular flexibility index (Phi) is 6.72. The van der Waals surface area contributed by atoms with Crippen molar-refractivity contribution < 1.29 is 22.9 Å². The number of alkyl halides is 2. The fraction of sp³-hybridized carbons (Fsp3) is 0.325. The first-order valence-corrected chi connectivity index (χ1v) is 17.4. The van der Waals surface area contributed by atoms with E-state index >= 15 is 0 Å². The average Bonchev–Trinajstić information content (AvgIpc) is 3.80. The van der Waals surface area contributed by atoms with Crippen molar-refractivity contribution in [3.05, 3.63) is 128 Å². The summed E-state index contributed by atoms with van der Waals surface area (Å²) < 4.78 is 31.2. The number of amidine groups is 2. The quantitative estimate of drug-likeness (QED) is 0.300. The second-order valence-electron chi connectivity index (χ2n) is 14.3. The molecule has 1 saturated carbocycles. The predicted octanol–water partition coefficient (Wildman–Crippen LogP) is 4.73. The van der Waals surface area contributed by atoms with Crippen LogP contribution in [0.4, 0.5) is 8.78 Å². The molecule has 2 atom stereocenters. The number of nitriles is 1. The van der Waals surface area contributed by atoms with Gasteiger partial charge in [0.15, 0.2) is 11.9 Å². The Labute approximate surface area is 293 Å². The van der Waals surface area contributed by atoms with E-state index in [2.05, 4.69) is 32.8 Å². The molecule has 254 valence electrons. The number of hydrogen-bond acceptors (Lipinski definition) is 6. The van der Waals surface area contributed by atoms with Crippen LogP contribution in [-0.2, 0) is 45.9 Å². The van der Waals surface area contributed by atoms with E-state index in [1.807, 2.05) is 41.2 Å². The molecule has 51 heavy (non-hydrogen) atoms. The number of aliphatic imine (C=N–C) groups is 2. The predicted molar refractivity (Wildman–Crippen MR) is 184 cm³/mol. The van der Waals surface area contributed by atoms with Crippen molar-refractivity contribution in [1.29, 1.82) is 5.26 Å². The molecule has 11 heteroatoms. The van der Waals surface area contributed by atoms with Crippen LogP contribution in [0.5, 0.6) is 0 Å². The molecular formula is C40H34F2N7O2+. The van der Waals surface area contributed by atoms with Crippen LogP contribution >= 0.6 is 0 Å². The maximum absolute atomic E-state index is 14.6. The smallest absolute Gasteiger partial charge is 0.270 e. The largest absolute Gasteiger partial charge is 0.373 e. The molecule has 4 heterocycles. The van der Waals surface area contributed by atoms with E-state index in [-0.39, 0.29) is 18.1 Å². The van der Waals surface area contributed by atoms with Gasteiger partial charge in [-0.3, -0.25) is 14.6 Å². The minimum Gasteiger partial charge on any atom is -0.373 e. The zero-order valence-corrected chi connectivity index (χ0v) is 28.2. The van der Waals surface area contributed by atoms with Gasteiger partial charge in [-0.25, -0.2) is 8.78 Å². The monoisotopic (exact) mass is 682 g/mol. The van der Waals surface area contributed by atoms with Crippen molar-refractivity contribution in [2.24, 2.45) is 9.98 Å². The first kappa shape index (κ1) is 31.4. The lowest BCUT2D eigenvalue weighted by Crippen LogP contribution is -2.50. The third kappa shape index (κ3) is 4.41. The summed E-state index contributed by atoms with van der Waals surface area (Å²) >= 11 is 0. The van der Waals surface area contributed by atoms with Gasteiger partial charge < -0.3 is 10.6 Å². The van der Waals surface area contributed by atoms with E-state index in [1.165, 1.54) is 12.1 Å². The minimum atomic E-state index is -3.09. The lowest BCUT2D eigenvalue weighted by atomic mass is 9.71. The Balaban J connectivity index is 1.10. The lowest BCUT2D eigenvalue weighted by Gasteiger charge is -2.34. The Morgan fingerprint density at radius 1 is 0.922 bits per heavy atom. The molecule has 0 radical (unpaired) electrons. The average molecular weight is 683 g/mol. The molecule has 3 aliphatic carbocycles. The molecule has 1 fully saturated rings. The van der Waals surface area contributed by atoms with Gasteiger partial charge in [-0.2, -0.15) is 19.8 Å². The van der Waals surface area contributed by atoms with E-state index in [1.54, 1.807) is 19.2 Å². The van der Waals surface area contributed by atoms with Gasteiger partial charge >= 0.3 is 0 Å². The van der Waals surface area contributed by atoms with Crippen molar-refractivity contribution in [1.82, 2.24) is 15.6 Å². The highest BCUT2D eigenvalue weighted by molar-refractivity contribution is 6.15. The number of nitrogens with one attached hydrogen (secondary N) is 2. The lowest BCUT2D eigenvalue weighted by molar-refractivity contribution is -0.706.